The lowest BCUT2D eigenvalue weighted by atomic mass is 10.1. The molecule has 0 aliphatic carbocycles. The minimum atomic E-state index is 0.311. The van der Waals surface area contributed by atoms with E-state index in [9.17, 15) is 0 Å². The van der Waals surface area contributed by atoms with Gasteiger partial charge in [0, 0.05) is 12.1 Å². The van der Waals surface area contributed by atoms with Crippen LogP contribution in [0.1, 0.15) is 25.2 Å². The average Bonchev–Trinajstić information content (AvgIpc) is 2.46. The van der Waals surface area contributed by atoms with Crippen LogP contribution in [0.4, 0.5) is 11.5 Å². The standard InChI is InChI=1S/C17H19N3O/c1-12(2)5-6-14-11-15(21-4)7-8-16(14)20-17-9-10-18-13(3)19-17/h7-12H,1-4H3,(H,18,19,20). The van der Waals surface area contributed by atoms with Gasteiger partial charge in [-0.25, -0.2) is 9.97 Å². The van der Waals surface area contributed by atoms with Gasteiger partial charge in [0.1, 0.15) is 17.4 Å². The van der Waals surface area contributed by atoms with E-state index in [0.29, 0.717) is 5.92 Å². The van der Waals surface area contributed by atoms with Crippen LogP contribution in [0.3, 0.4) is 0 Å². The van der Waals surface area contributed by atoms with Crippen LogP contribution in [0.15, 0.2) is 30.5 Å². The summed E-state index contributed by atoms with van der Waals surface area (Å²) in [5, 5.41) is 3.28. The lowest BCUT2D eigenvalue weighted by molar-refractivity contribution is 0.415. The fraction of sp³-hybridized carbons (Fsp3) is 0.294. The molecule has 1 N–H and O–H groups in total. The Morgan fingerprint density at radius 2 is 2.05 bits per heavy atom. The van der Waals surface area contributed by atoms with Crippen molar-refractivity contribution in [1.82, 2.24) is 9.97 Å². The molecule has 0 saturated carbocycles. The monoisotopic (exact) mass is 281 g/mol. The van der Waals surface area contributed by atoms with Gasteiger partial charge in [0.05, 0.1) is 18.4 Å². The second kappa shape index (κ2) is 6.76. The molecule has 108 valence electrons. The van der Waals surface area contributed by atoms with Crippen LogP contribution >= 0.6 is 0 Å². The molecule has 1 aromatic heterocycles. The number of hydrogen-bond donors (Lipinski definition) is 1. The molecule has 1 heterocycles. The number of benzene rings is 1. The predicted molar refractivity (Wildman–Crippen MR) is 84.8 cm³/mol. The summed E-state index contributed by atoms with van der Waals surface area (Å²) in [6, 6.07) is 7.60. The van der Waals surface area contributed by atoms with Gasteiger partial charge >= 0.3 is 0 Å². The number of anilines is 2. The summed E-state index contributed by atoms with van der Waals surface area (Å²) in [7, 11) is 1.65. The van der Waals surface area contributed by atoms with Crippen LogP contribution in [-0.4, -0.2) is 17.1 Å². The summed E-state index contributed by atoms with van der Waals surface area (Å²) in [5.41, 5.74) is 1.79. The Morgan fingerprint density at radius 1 is 1.24 bits per heavy atom. The zero-order valence-corrected chi connectivity index (χ0v) is 12.8. The Hall–Kier alpha value is -2.54. The van der Waals surface area contributed by atoms with Crippen molar-refractivity contribution in [1.29, 1.82) is 0 Å². The zero-order valence-electron chi connectivity index (χ0n) is 12.8. The van der Waals surface area contributed by atoms with Crippen molar-refractivity contribution < 1.29 is 4.74 Å². The average molecular weight is 281 g/mol. The van der Waals surface area contributed by atoms with Crippen molar-refractivity contribution in [3.05, 3.63) is 41.9 Å². The lowest BCUT2D eigenvalue weighted by Crippen LogP contribution is -1.99. The number of hydrogen-bond acceptors (Lipinski definition) is 4. The summed E-state index contributed by atoms with van der Waals surface area (Å²) >= 11 is 0. The third-order valence-corrected chi connectivity index (χ3v) is 2.76. The highest BCUT2D eigenvalue weighted by Crippen LogP contribution is 2.24. The highest BCUT2D eigenvalue weighted by atomic mass is 16.5. The first-order valence-electron chi connectivity index (χ1n) is 6.84. The first kappa shape index (κ1) is 14.9. The molecule has 2 rings (SSSR count). The largest absolute Gasteiger partial charge is 0.497 e. The van der Waals surface area contributed by atoms with E-state index in [1.54, 1.807) is 13.3 Å². The summed E-state index contributed by atoms with van der Waals surface area (Å²) in [6.45, 7) is 5.99. The van der Waals surface area contributed by atoms with Gasteiger partial charge in [-0.2, -0.15) is 0 Å². The molecule has 4 heteroatoms. The van der Waals surface area contributed by atoms with Crippen molar-refractivity contribution >= 4 is 11.5 Å². The molecule has 0 aliphatic rings. The molecule has 1 aromatic carbocycles. The number of nitrogens with one attached hydrogen (secondary N) is 1. The van der Waals surface area contributed by atoms with E-state index < -0.39 is 0 Å². The van der Waals surface area contributed by atoms with Gasteiger partial charge in [-0.1, -0.05) is 25.7 Å². The van der Waals surface area contributed by atoms with Crippen LogP contribution in [0.5, 0.6) is 5.75 Å². The molecule has 0 aliphatic heterocycles. The van der Waals surface area contributed by atoms with Crippen LogP contribution in [0.2, 0.25) is 0 Å². The van der Waals surface area contributed by atoms with Crippen LogP contribution in [-0.2, 0) is 0 Å². The second-order valence-corrected chi connectivity index (χ2v) is 4.95. The van der Waals surface area contributed by atoms with E-state index in [0.717, 1.165) is 28.6 Å². The minimum Gasteiger partial charge on any atom is -0.497 e. The van der Waals surface area contributed by atoms with Crippen molar-refractivity contribution in [2.24, 2.45) is 5.92 Å². The van der Waals surface area contributed by atoms with Gasteiger partial charge in [-0.3, -0.25) is 0 Å². The number of aryl methyl sites for hydroxylation is 1. The van der Waals surface area contributed by atoms with Crippen LogP contribution in [0, 0.1) is 24.7 Å². The molecule has 0 fully saturated rings. The molecule has 0 spiro atoms. The van der Waals surface area contributed by atoms with E-state index in [1.165, 1.54) is 0 Å². The van der Waals surface area contributed by atoms with E-state index in [4.69, 9.17) is 4.74 Å². The number of nitrogens with zero attached hydrogens (tertiary/aromatic N) is 2. The molecular weight excluding hydrogens is 262 g/mol. The maximum Gasteiger partial charge on any atom is 0.134 e. The number of ether oxygens (including phenoxy) is 1. The normalized spacial score (nSPS) is 9.95. The van der Waals surface area contributed by atoms with Gasteiger partial charge in [0.2, 0.25) is 0 Å². The van der Waals surface area contributed by atoms with Gasteiger partial charge < -0.3 is 10.1 Å². The molecule has 2 aromatic rings. The third kappa shape index (κ3) is 4.22. The molecule has 0 saturated heterocycles. The fourth-order valence-corrected chi connectivity index (χ4v) is 1.75. The topological polar surface area (TPSA) is 47.0 Å². The van der Waals surface area contributed by atoms with E-state index in [2.05, 4.69) is 41.0 Å². The van der Waals surface area contributed by atoms with Crippen molar-refractivity contribution in [3.63, 3.8) is 0 Å². The smallest absolute Gasteiger partial charge is 0.134 e. The lowest BCUT2D eigenvalue weighted by Gasteiger charge is -2.10. The highest BCUT2D eigenvalue weighted by molar-refractivity contribution is 5.67. The Balaban J connectivity index is 2.36. The first-order chi connectivity index (χ1) is 10.1. The van der Waals surface area contributed by atoms with Crippen molar-refractivity contribution in [2.45, 2.75) is 20.8 Å². The Bertz CT molecular complexity index is 684. The third-order valence-electron chi connectivity index (χ3n) is 2.76. The molecule has 0 radical (unpaired) electrons. The Labute approximate surface area is 125 Å². The maximum absolute atomic E-state index is 5.26. The van der Waals surface area contributed by atoms with E-state index >= 15 is 0 Å². The van der Waals surface area contributed by atoms with Gasteiger partial charge in [0.25, 0.3) is 0 Å². The quantitative estimate of drug-likeness (QED) is 0.874. The van der Waals surface area contributed by atoms with E-state index in [-0.39, 0.29) is 0 Å². The highest BCUT2D eigenvalue weighted by Gasteiger charge is 2.04. The molecule has 0 unspecified atom stereocenters. The van der Waals surface area contributed by atoms with Crippen molar-refractivity contribution in [2.75, 3.05) is 12.4 Å². The summed E-state index contributed by atoms with van der Waals surface area (Å²) < 4.78 is 5.26. The summed E-state index contributed by atoms with van der Waals surface area (Å²) in [6.07, 6.45) is 1.73. The first-order valence-corrected chi connectivity index (χ1v) is 6.84. The van der Waals surface area contributed by atoms with Gasteiger partial charge in [-0.15, -0.1) is 0 Å². The fourth-order valence-electron chi connectivity index (χ4n) is 1.75. The van der Waals surface area contributed by atoms with Crippen LogP contribution in [0.25, 0.3) is 0 Å². The molecule has 0 bridgehead atoms. The Morgan fingerprint density at radius 3 is 2.71 bits per heavy atom. The molecule has 21 heavy (non-hydrogen) atoms. The maximum atomic E-state index is 5.26. The van der Waals surface area contributed by atoms with Crippen molar-refractivity contribution in [3.8, 4) is 17.6 Å². The molecular formula is C17H19N3O. The zero-order chi connectivity index (χ0) is 15.2. The van der Waals surface area contributed by atoms with Gasteiger partial charge in [0.15, 0.2) is 0 Å². The Kier molecular flexibility index (Phi) is 4.78. The molecule has 0 amide bonds. The summed E-state index contributed by atoms with van der Waals surface area (Å²) in [5.74, 6) is 8.93. The minimum absolute atomic E-state index is 0.311. The second-order valence-electron chi connectivity index (χ2n) is 4.95. The molecule has 4 nitrogen and oxygen atoms in total. The van der Waals surface area contributed by atoms with E-state index in [1.807, 2.05) is 31.2 Å². The number of rotatable bonds is 3. The van der Waals surface area contributed by atoms with Crippen LogP contribution < -0.4 is 10.1 Å². The SMILES string of the molecule is COc1ccc(Nc2ccnc(C)n2)c(C#CC(C)C)c1. The number of aromatic nitrogens is 2. The summed E-state index contributed by atoms with van der Waals surface area (Å²) in [4.78, 5) is 8.44. The van der Waals surface area contributed by atoms with Gasteiger partial charge in [-0.05, 0) is 31.2 Å². The predicted octanol–water partition coefficient (Wildman–Crippen LogP) is 3.54. The number of methoxy groups -OCH3 is 1. The molecule has 0 atom stereocenters.